The van der Waals surface area contributed by atoms with E-state index in [1.807, 2.05) is 24.3 Å². The Hall–Kier alpha value is -1.36. The van der Waals surface area contributed by atoms with Crippen LogP contribution in [0.2, 0.25) is 0 Å². The fourth-order valence-corrected chi connectivity index (χ4v) is 1.68. The normalized spacial score (nSPS) is 12.5. The minimum atomic E-state index is -4.39. The van der Waals surface area contributed by atoms with E-state index in [2.05, 4.69) is 25.5 Å². The molecule has 0 aromatic heterocycles. The third-order valence-corrected chi connectivity index (χ3v) is 2.75. The van der Waals surface area contributed by atoms with E-state index in [-0.39, 0.29) is 17.6 Å². The number of hydrogen-bond donors (Lipinski definition) is 0. The van der Waals surface area contributed by atoms with Crippen molar-refractivity contribution in [2.24, 2.45) is 0 Å². The molecular formula is C15H19F3O2. The first-order valence-corrected chi connectivity index (χ1v) is 6.33. The molecule has 2 nitrogen and oxygen atoms in total. The molecule has 0 bridgehead atoms. The Balaban J connectivity index is 2.47. The maximum absolute atomic E-state index is 11.9. The molecule has 112 valence electrons. The number of alkyl halides is 3. The molecule has 1 rings (SSSR count). The second-order valence-corrected chi connectivity index (χ2v) is 5.77. The van der Waals surface area contributed by atoms with Crippen molar-refractivity contribution in [3.8, 4) is 0 Å². The summed E-state index contributed by atoms with van der Waals surface area (Å²) in [6.45, 7) is 4.34. The summed E-state index contributed by atoms with van der Waals surface area (Å²) in [5.41, 5.74) is 1.94. The van der Waals surface area contributed by atoms with Crippen molar-refractivity contribution >= 4 is 5.78 Å². The van der Waals surface area contributed by atoms with E-state index in [1.54, 1.807) is 0 Å². The van der Waals surface area contributed by atoms with Gasteiger partial charge in [-0.2, -0.15) is 13.2 Å². The lowest BCUT2D eigenvalue weighted by molar-refractivity contribution is -0.175. The van der Waals surface area contributed by atoms with Crippen LogP contribution >= 0.6 is 0 Å². The van der Waals surface area contributed by atoms with Crippen molar-refractivity contribution in [2.75, 3.05) is 13.2 Å². The van der Waals surface area contributed by atoms with Crippen molar-refractivity contribution < 1.29 is 22.7 Å². The van der Waals surface area contributed by atoms with Gasteiger partial charge in [0, 0.05) is 6.42 Å². The smallest absolute Gasteiger partial charge is 0.364 e. The molecule has 0 radical (unpaired) electrons. The second kappa shape index (κ2) is 6.39. The maximum Gasteiger partial charge on any atom is 0.411 e. The second-order valence-electron chi connectivity index (χ2n) is 5.77. The minimum absolute atomic E-state index is 0.0261. The van der Waals surface area contributed by atoms with Crippen molar-refractivity contribution in [1.82, 2.24) is 0 Å². The molecule has 5 heteroatoms. The SMILES string of the molecule is CC(C)(C)c1ccc(CC(=O)COCC(F)(F)F)cc1. The number of Topliss-reactive ketones (excluding diaryl/α,β-unsaturated/α-hetero) is 1. The first-order chi connectivity index (χ1) is 9.08. The van der Waals surface area contributed by atoms with Gasteiger partial charge in [-0.15, -0.1) is 0 Å². The zero-order valence-electron chi connectivity index (χ0n) is 11.9. The standard InChI is InChI=1S/C15H19F3O2/c1-14(2,3)12-6-4-11(5-7-12)8-13(19)9-20-10-15(16,17)18/h4-7H,8-10H2,1-3H3. The first kappa shape index (κ1) is 16.7. The number of carbonyl (C=O) groups excluding carboxylic acids is 1. The first-order valence-electron chi connectivity index (χ1n) is 6.33. The van der Waals surface area contributed by atoms with Gasteiger partial charge in [0.25, 0.3) is 0 Å². The summed E-state index contributed by atoms with van der Waals surface area (Å²) in [5.74, 6) is -0.363. The molecule has 1 aromatic rings. The van der Waals surface area contributed by atoms with Gasteiger partial charge >= 0.3 is 6.18 Å². The Morgan fingerprint density at radius 2 is 1.65 bits per heavy atom. The molecule has 0 aliphatic rings. The van der Waals surface area contributed by atoms with Gasteiger partial charge in [0.05, 0.1) is 0 Å². The molecule has 0 spiro atoms. The Labute approximate surface area is 116 Å². The van der Waals surface area contributed by atoms with E-state index in [4.69, 9.17) is 0 Å². The summed E-state index contributed by atoms with van der Waals surface area (Å²) in [6, 6.07) is 7.50. The van der Waals surface area contributed by atoms with Gasteiger partial charge in [0.1, 0.15) is 13.2 Å². The number of halogens is 3. The maximum atomic E-state index is 11.9. The van der Waals surface area contributed by atoms with E-state index in [0.29, 0.717) is 0 Å². The molecule has 0 heterocycles. The molecule has 0 unspecified atom stereocenters. The monoisotopic (exact) mass is 288 g/mol. The van der Waals surface area contributed by atoms with Gasteiger partial charge in [-0.1, -0.05) is 45.0 Å². The Bertz CT molecular complexity index is 442. The average molecular weight is 288 g/mol. The van der Waals surface area contributed by atoms with Gasteiger partial charge in [-0.3, -0.25) is 4.79 Å². The summed E-state index contributed by atoms with van der Waals surface area (Å²) in [5, 5.41) is 0. The molecule has 0 atom stereocenters. The van der Waals surface area contributed by atoms with E-state index in [9.17, 15) is 18.0 Å². The van der Waals surface area contributed by atoms with Crippen molar-refractivity contribution in [1.29, 1.82) is 0 Å². The fourth-order valence-electron chi connectivity index (χ4n) is 1.68. The third-order valence-electron chi connectivity index (χ3n) is 2.75. The van der Waals surface area contributed by atoms with E-state index in [1.165, 1.54) is 0 Å². The molecule has 0 saturated heterocycles. The topological polar surface area (TPSA) is 26.3 Å². The van der Waals surface area contributed by atoms with Gasteiger partial charge in [-0.25, -0.2) is 0 Å². The number of ketones is 1. The molecule has 0 N–H and O–H groups in total. The molecule has 0 saturated carbocycles. The van der Waals surface area contributed by atoms with Crippen LogP contribution in [0.1, 0.15) is 31.9 Å². The number of benzene rings is 1. The zero-order valence-corrected chi connectivity index (χ0v) is 11.9. The average Bonchev–Trinajstić information content (AvgIpc) is 2.26. The van der Waals surface area contributed by atoms with Gasteiger partial charge in [0.2, 0.25) is 0 Å². The highest BCUT2D eigenvalue weighted by atomic mass is 19.4. The van der Waals surface area contributed by atoms with Gasteiger partial charge in [-0.05, 0) is 16.5 Å². The summed E-state index contributed by atoms with van der Waals surface area (Å²) in [4.78, 5) is 11.5. The highest BCUT2D eigenvalue weighted by molar-refractivity contribution is 5.82. The lowest BCUT2D eigenvalue weighted by Crippen LogP contribution is -2.21. The van der Waals surface area contributed by atoms with Crippen LogP contribution in [0.15, 0.2) is 24.3 Å². The van der Waals surface area contributed by atoms with Crippen molar-refractivity contribution in [3.63, 3.8) is 0 Å². The summed E-state index contributed by atoms with van der Waals surface area (Å²) < 4.78 is 39.9. The van der Waals surface area contributed by atoms with Crippen LogP contribution in [0.25, 0.3) is 0 Å². The van der Waals surface area contributed by atoms with E-state index >= 15 is 0 Å². The zero-order chi connectivity index (χ0) is 15.4. The van der Waals surface area contributed by atoms with Crippen LogP contribution in [0, 0.1) is 0 Å². The lowest BCUT2D eigenvalue weighted by Gasteiger charge is -2.19. The molecule has 0 aliphatic heterocycles. The summed E-state index contributed by atoms with van der Waals surface area (Å²) in [7, 11) is 0. The Kier molecular flexibility index (Phi) is 5.34. The van der Waals surface area contributed by atoms with Crippen molar-refractivity contribution in [3.05, 3.63) is 35.4 Å². The quantitative estimate of drug-likeness (QED) is 0.826. The van der Waals surface area contributed by atoms with Crippen molar-refractivity contribution in [2.45, 2.75) is 38.8 Å². The predicted molar refractivity (Wildman–Crippen MR) is 70.7 cm³/mol. The predicted octanol–water partition coefficient (Wildman–Crippen LogP) is 3.67. The number of ether oxygens (including phenoxy) is 1. The largest absolute Gasteiger partial charge is 0.411 e. The molecule has 0 fully saturated rings. The van der Waals surface area contributed by atoms with Crippen LogP contribution < -0.4 is 0 Å². The summed E-state index contributed by atoms with van der Waals surface area (Å²) in [6.07, 6.45) is -4.31. The molecule has 0 aliphatic carbocycles. The van der Waals surface area contributed by atoms with Crippen LogP contribution in [0.3, 0.4) is 0 Å². The van der Waals surface area contributed by atoms with Crippen LogP contribution in [0.5, 0.6) is 0 Å². The third kappa shape index (κ3) is 6.19. The molecular weight excluding hydrogens is 269 g/mol. The molecule has 0 amide bonds. The summed E-state index contributed by atoms with van der Waals surface area (Å²) >= 11 is 0. The Morgan fingerprint density at radius 3 is 2.10 bits per heavy atom. The van der Waals surface area contributed by atoms with Gasteiger partial charge in [0.15, 0.2) is 5.78 Å². The fraction of sp³-hybridized carbons (Fsp3) is 0.533. The highest BCUT2D eigenvalue weighted by Crippen LogP contribution is 2.22. The number of hydrogen-bond acceptors (Lipinski definition) is 2. The minimum Gasteiger partial charge on any atom is -0.364 e. The molecule has 20 heavy (non-hydrogen) atoms. The van der Waals surface area contributed by atoms with Crippen LogP contribution in [-0.2, 0) is 21.4 Å². The number of rotatable bonds is 5. The van der Waals surface area contributed by atoms with Crippen LogP contribution in [0.4, 0.5) is 13.2 Å². The lowest BCUT2D eigenvalue weighted by atomic mass is 9.86. The Morgan fingerprint density at radius 1 is 1.10 bits per heavy atom. The van der Waals surface area contributed by atoms with Gasteiger partial charge < -0.3 is 4.74 Å². The van der Waals surface area contributed by atoms with Crippen LogP contribution in [-0.4, -0.2) is 25.2 Å². The highest BCUT2D eigenvalue weighted by Gasteiger charge is 2.27. The van der Waals surface area contributed by atoms with E-state index in [0.717, 1.165) is 11.1 Å². The molecule has 1 aromatic carbocycles. The van der Waals surface area contributed by atoms with E-state index < -0.39 is 19.4 Å². The number of carbonyl (C=O) groups is 1.